The Kier molecular flexibility index (Phi) is 7.19. The van der Waals surface area contributed by atoms with Crippen LogP contribution in [0.5, 0.6) is 0 Å². The third-order valence-corrected chi connectivity index (χ3v) is 5.45. The zero-order valence-electron chi connectivity index (χ0n) is 18.1. The van der Waals surface area contributed by atoms with Gasteiger partial charge in [0.2, 0.25) is 11.8 Å². The van der Waals surface area contributed by atoms with Crippen LogP contribution in [-0.4, -0.2) is 40.6 Å². The molecule has 0 unspecified atom stereocenters. The molecule has 0 saturated carbocycles. The first-order chi connectivity index (χ1) is 15.3. The van der Waals surface area contributed by atoms with Crippen molar-refractivity contribution in [2.75, 3.05) is 23.7 Å². The van der Waals surface area contributed by atoms with Crippen molar-refractivity contribution in [3.8, 4) is 0 Å². The number of hydrogen-bond acceptors (Lipinski definition) is 5. The predicted molar refractivity (Wildman–Crippen MR) is 120 cm³/mol. The van der Waals surface area contributed by atoms with E-state index in [4.69, 9.17) is 0 Å². The number of hydrogen-bond donors (Lipinski definition) is 2. The second-order valence-corrected chi connectivity index (χ2v) is 7.87. The van der Waals surface area contributed by atoms with Gasteiger partial charge in [-0.2, -0.15) is 0 Å². The Hall–Kier alpha value is -3.75. The van der Waals surface area contributed by atoms with Crippen LogP contribution in [0.3, 0.4) is 0 Å². The Morgan fingerprint density at radius 3 is 2.50 bits per heavy atom. The molecule has 9 heteroatoms. The van der Waals surface area contributed by atoms with Gasteiger partial charge in [-0.05, 0) is 49.2 Å². The number of anilines is 2. The lowest BCUT2D eigenvalue weighted by molar-refractivity contribution is -0.384. The van der Waals surface area contributed by atoms with E-state index in [0.29, 0.717) is 35.6 Å². The van der Waals surface area contributed by atoms with Crippen LogP contribution in [0.4, 0.5) is 17.1 Å². The molecule has 2 aromatic carbocycles. The summed E-state index contributed by atoms with van der Waals surface area (Å²) in [5, 5.41) is 16.4. The van der Waals surface area contributed by atoms with Gasteiger partial charge in [-0.1, -0.05) is 13.3 Å². The molecule has 1 heterocycles. The predicted octanol–water partition coefficient (Wildman–Crippen LogP) is 3.74. The molecule has 0 spiro atoms. The SMILES string of the molecule is CCCCN1C[C@@H](C(=O)Nc2ccc(C(=O)Nc3ccc([N+](=O)[O-])cc3C)cc2)CC1=O. The molecule has 1 aliphatic rings. The Labute approximate surface area is 185 Å². The van der Waals surface area contributed by atoms with Crippen molar-refractivity contribution < 1.29 is 19.3 Å². The van der Waals surface area contributed by atoms with Crippen molar-refractivity contribution in [3.63, 3.8) is 0 Å². The van der Waals surface area contributed by atoms with Gasteiger partial charge in [0.25, 0.3) is 11.6 Å². The molecule has 0 radical (unpaired) electrons. The summed E-state index contributed by atoms with van der Waals surface area (Å²) in [5.74, 6) is -0.955. The summed E-state index contributed by atoms with van der Waals surface area (Å²) < 4.78 is 0. The van der Waals surface area contributed by atoms with Crippen LogP contribution < -0.4 is 10.6 Å². The van der Waals surface area contributed by atoms with Crippen molar-refractivity contribution in [1.29, 1.82) is 0 Å². The Morgan fingerprint density at radius 1 is 1.16 bits per heavy atom. The lowest BCUT2D eigenvalue weighted by Gasteiger charge is -2.16. The second kappa shape index (κ2) is 10.0. The topological polar surface area (TPSA) is 122 Å². The van der Waals surface area contributed by atoms with Gasteiger partial charge in [0.1, 0.15) is 0 Å². The molecule has 0 aromatic heterocycles. The fourth-order valence-corrected chi connectivity index (χ4v) is 3.56. The number of benzene rings is 2. The number of aryl methyl sites for hydroxylation is 1. The highest BCUT2D eigenvalue weighted by atomic mass is 16.6. The highest BCUT2D eigenvalue weighted by Gasteiger charge is 2.33. The molecule has 0 aliphatic carbocycles. The number of nitrogens with one attached hydrogen (secondary N) is 2. The summed E-state index contributed by atoms with van der Waals surface area (Å²) in [6.45, 7) is 4.84. The zero-order chi connectivity index (χ0) is 23.3. The largest absolute Gasteiger partial charge is 0.342 e. The lowest BCUT2D eigenvalue weighted by atomic mass is 10.1. The Bertz CT molecular complexity index is 1040. The normalized spacial score (nSPS) is 15.5. The van der Waals surface area contributed by atoms with Crippen LogP contribution in [0.2, 0.25) is 0 Å². The number of nitrogens with zero attached hydrogens (tertiary/aromatic N) is 2. The van der Waals surface area contributed by atoms with E-state index in [0.717, 1.165) is 12.8 Å². The number of non-ortho nitro benzene ring substituents is 1. The summed E-state index contributed by atoms with van der Waals surface area (Å²) in [6.07, 6.45) is 2.12. The number of amides is 3. The minimum absolute atomic E-state index is 0.00663. The fraction of sp³-hybridized carbons (Fsp3) is 0.348. The van der Waals surface area contributed by atoms with Crippen LogP contribution in [0.15, 0.2) is 42.5 Å². The van der Waals surface area contributed by atoms with Crippen LogP contribution in [0.1, 0.15) is 42.1 Å². The van der Waals surface area contributed by atoms with E-state index in [2.05, 4.69) is 17.6 Å². The van der Waals surface area contributed by atoms with Gasteiger partial charge in [0.15, 0.2) is 0 Å². The van der Waals surface area contributed by atoms with E-state index in [1.165, 1.54) is 18.2 Å². The minimum atomic E-state index is -0.490. The molecule has 1 atom stereocenters. The number of carbonyl (C=O) groups is 3. The zero-order valence-corrected chi connectivity index (χ0v) is 18.1. The average molecular weight is 438 g/mol. The van der Waals surface area contributed by atoms with Gasteiger partial charge >= 0.3 is 0 Å². The van der Waals surface area contributed by atoms with E-state index >= 15 is 0 Å². The molecule has 1 saturated heterocycles. The Balaban J connectivity index is 1.58. The molecule has 32 heavy (non-hydrogen) atoms. The number of likely N-dealkylation sites (tertiary alicyclic amines) is 1. The van der Waals surface area contributed by atoms with Gasteiger partial charge in [0, 0.05) is 48.6 Å². The summed E-state index contributed by atoms with van der Waals surface area (Å²) in [5.41, 5.74) is 1.94. The quantitative estimate of drug-likeness (QED) is 0.480. The van der Waals surface area contributed by atoms with E-state index in [1.54, 1.807) is 36.1 Å². The molecule has 3 amide bonds. The van der Waals surface area contributed by atoms with Gasteiger partial charge in [0.05, 0.1) is 10.8 Å². The van der Waals surface area contributed by atoms with Crippen LogP contribution >= 0.6 is 0 Å². The van der Waals surface area contributed by atoms with E-state index < -0.39 is 4.92 Å². The molecule has 1 aliphatic heterocycles. The standard InChI is InChI=1S/C23H26N4O5/c1-3-4-11-26-14-17(13-21(26)28)23(30)24-18-7-5-16(6-8-18)22(29)25-20-10-9-19(27(31)32)12-15(20)2/h5-10,12,17H,3-4,11,13-14H2,1-2H3,(H,24,30)(H,25,29)/t17-/m0/s1. The smallest absolute Gasteiger partial charge is 0.269 e. The molecule has 3 rings (SSSR count). The highest BCUT2D eigenvalue weighted by Crippen LogP contribution is 2.23. The van der Waals surface area contributed by atoms with Gasteiger partial charge in [-0.15, -0.1) is 0 Å². The monoisotopic (exact) mass is 438 g/mol. The molecule has 1 fully saturated rings. The molecule has 2 aromatic rings. The van der Waals surface area contributed by atoms with Crippen LogP contribution in [0.25, 0.3) is 0 Å². The summed E-state index contributed by atoms with van der Waals surface area (Å²) in [7, 11) is 0. The Morgan fingerprint density at radius 2 is 1.88 bits per heavy atom. The lowest BCUT2D eigenvalue weighted by Crippen LogP contribution is -2.29. The molecular weight excluding hydrogens is 412 g/mol. The maximum atomic E-state index is 12.5. The number of rotatable bonds is 8. The first-order valence-electron chi connectivity index (χ1n) is 10.5. The summed E-state index contributed by atoms with van der Waals surface area (Å²) in [4.78, 5) is 49.2. The number of carbonyl (C=O) groups excluding carboxylic acids is 3. The van der Waals surface area contributed by atoms with Crippen LogP contribution in [0, 0.1) is 23.0 Å². The molecular formula is C23H26N4O5. The van der Waals surface area contributed by atoms with E-state index in [-0.39, 0.29) is 35.7 Å². The van der Waals surface area contributed by atoms with Gasteiger partial charge in [-0.3, -0.25) is 24.5 Å². The van der Waals surface area contributed by atoms with Crippen molar-refractivity contribution in [2.45, 2.75) is 33.1 Å². The van der Waals surface area contributed by atoms with Gasteiger partial charge < -0.3 is 15.5 Å². The minimum Gasteiger partial charge on any atom is -0.342 e. The summed E-state index contributed by atoms with van der Waals surface area (Å²) >= 11 is 0. The molecule has 2 N–H and O–H groups in total. The third kappa shape index (κ3) is 5.48. The number of nitro groups is 1. The first-order valence-corrected chi connectivity index (χ1v) is 10.5. The van der Waals surface area contributed by atoms with E-state index in [1.807, 2.05) is 0 Å². The van der Waals surface area contributed by atoms with Crippen molar-refractivity contribution in [2.24, 2.45) is 5.92 Å². The number of nitro benzene ring substituents is 1. The maximum absolute atomic E-state index is 12.5. The average Bonchev–Trinajstić information content (AvgIpc) is 3.14. The van der Waals surface area contributed by atoms with Gasteiger partial charge in [-0.25, -0.2) is 0 Å². The van der Waals surface area contributed by atoms with Crippen LogP contribution in [-0.2, 0) is 9.59 Å². The second-order valence-electron chi connectivity index (χ2n) is 7.87. The van der Waals surface area contributed by atoms with Crippen molar-refractivity contribution in [1.82, 2.24) is 4.90 Å². The molecule has 9 nitrogen and oxygen atoms in total. The fourth-order valence-electron chi connectivity index (χ4n) is 3.56. The molecule has 0 bridgehead atoms. The first kappa shape index (κ1) is 22.9. The molecule has 168 valence electrons. The maximum Gasteiger partial charge on any atom is 0.269 e. The number of unbranched alkanes of at least 4 members (excludes halogenated alkanes) is 1. The third-order valence-electron chi connectivity index (χ3n) is 5.45. The van der Waals surface area contributed by atoms with E-state index in [9.17, 15) is 24.5 Å². The summed E-state index contributed by atoms with van der Waals surface area (Å²) in [6, 6.07) is 10.6. The van der Waals surface area contributed by atoms with Crippen molar-refractivity contribution >= 4 is 34.8 Å². The van der Waals surface area contributed by atoms with Crippen molar-refractivity contribution in [3.05, 3.63) is 63.7 Å². The highest BCUT2D eigenvalue weighted by molar-refractivity contribution is 6.05.